The Bertz CT molecular complexity index is 361. The van der Waals surface area contributed by atoms with E-state index in [2.05, 4.69) is 19.1 Å². The first kappa shape index (κ1) is 24.6. The highest BCUT2D eigenvalue weighted by Crippen LogP contribution is 2.18. The van der Waals surface area contributed by atoms with Crippen LogP contribution in [0.2, 0.25) is 0 Å². The molecule has 27 heavy (non-hydrogen) atoms. The first-order chi connectivity index (χ1) is 13.2. The average Bonchev–Trinajstić information content (AvgIpc) is 3.00. The van der Waals surface area contributed by atoms with Crippen LogP contribution in [0.3, 0.4) is 0 Å². The predicted molar refractivity (Wildman–Crippen MR) is 109 cm³/mol. The van der Waals surface area contributed by atoms with Gasteiger partial charge in [-0.2, -0.15) is 0 Å². The van der Waals surface area contributed by atoms with E-state index in [4.69, 9.17) is 9.47 Å². The maximum absolute atomic E-state index is 9.92. The molecule has 1 aliphatic heterocycles. The molecule has 0 unspecified atom stereocenters. The van der Waals surface area contributed by atoms with Gasteiger partial charge in [0, 0.05) is 6.61 Å². The van der Waals surface area contributed by atoms with Crippen molar-refractivity contribution >= 4 is 0 Å². The van der Waals surface area contributed by atoms with Crippen LogP contribution in [-0.4, -0.2) is 59.6 Å². The predicted octanol–water partition coefficient (Wildman–Crippen LogP) is 3.74. The van der Waals surface area contributed by atoms with Gasteiger partial charge in [-0.05, 0) is 25.7 Å². The van der Waals surface area contributed by atoms with Crippen LogP contribution < -0.4 is 0 Å². The van der Waals surface area contributed by atoms with Crippen LogP contribution in [0.5, 0.6) is 0 Å². The summed E-state index contributed by atoms with van der Waals surface area (Å²) in [4.78, 5) is 0. The molecule has 1 saturated heterocycles. The quantitative estimate of drug-likeness (QED) is 0.262. The molecule has 1 fully saturated rings. The van der Waals surface area contributed by atoms with Crippen molar-refractivity contribution in [3.63, 3.8) is 0 Å². The highest BCUT2D eigenvalue weighted by Gasteiger charge is 2.39. The summed E-state index contributed by atoms with van der Waals surface area (Å²) in [7, 11) is 0. The van der Waals surface area contributed by atoms with Crippen molar-refractivity contribution in [2.75, 3.05) is 19.8 Å². The molecule has 0 aromatic heterocycles. The molecule has 3 N–H and O–H groups in total. The molecule has 0 aromatic rings. The lowest BCUT2D eigenvalue weighted by molar-refractivity contribution is -0.0811. The van der Waals surface area contributed by atoms with Crippen LogP contribution in [-0.2, 0) is 9.47 Å². The molecule has 0 spiro atoms. The third kappa shape index (κ3) is 11.9. The Morgan fingerprint density at radius 2 is 1.52 bits per heavy atom. The molecule has 1 rings (SSSR count). The van der Waals surface area contributed by atoms with Crippen LogP contribution in [0.1, 0.15) is 84.0 Å². The van der Waals surface area contributed by atoms with Gasteiger partial charge in [-0.1, -0.05) is 70.4 Å². The first-order valence-corrected chi connectivity index (χ1v) is 11.0. The van der Waals surface area contributed by atoms with Gasteiger partial charge < -0.3 is 24.8 Å². The summed E-state index contributed by atoms with van der Waals surface area (Å²) in [6.07, 6.45) is 16.2. The van der Waals surface area contributed by atoms with Gasteiger partial charge in [0.25, 0.3) is 0 Å². The van der Waals surface area contributed by atoms with Crippen LogP contribution in [0, 0.1) is 0 Å². The summed E-state index contributed by atoms with van der Waals surface area (Å²) in [6.45, 7) is 3.02. The molecule has 0 saturated carbocycles. The Balaban J connectivity index is 1.83. The van der Waals surface area contributed by atoms with Gasteiger partial charge in [0.1, 0.15) is 24.4 Å². The summed E-state index contributed by atoms with van der Waals surface area (Å²) in [5.74, 6) is 0. The Morgan fingerprint density at radius 3 is 2.11 bits per heavy atom. The van der Waals surface area contributed by atoms with E-state index in [9.17, 15) is 15.3 Å². The number of allylic oxidation sites excluding steroid dienone is 2. The zero-order valence-corrected chi connectivity index (χ0v) is 17.2. The Morgan fingerprint density at radius 1 is 0.926 bits per heavy atom. The molecule has 160 valence electrons. The number of aliphatic hydroxyl groups excluding tert-OH is 3. The molecule has 0 amide bonds. The summed E-state index contributed by atoms with van der Waals surface area (Å²) < 4.78 is 10.6. The number of rotatable bonds is 17. The zero-order chi connectivity index (χ0) is 19.7. The largest absolute Gasteiger partial charge is 0.388 e. The molecular formula is C22H42O5. The maximum atomic E-state index is 9.92. The minimum Gasteiger partial charge on any atom is -0.388 e. The van der Waals surface area contributed by atoms with Gasteiger partial charge in [0.05, 0.1) is 13.2 Å². The van der Waals surface area contributed by atoms with E-state index in [0.717, 1.165) is 19.3 Å². The van der Waals surface area contributed by atoms with Crippen molar-refractivity contribution < 1.29 is 24.8 Å². The Hall–Kier alpha value is -0.460. The molecular weight excluding hydrogens is 344 g/mol. The standard InChI is InChI=1S/C22H42O5/c1-2-3-4-5-6-7-8-9-10-11-12-13-14-15-16-26-17-20(24)22-21(25)19(23)18-27-22/h12-13,19-25H,2-11,14-18H2,1H3/b13-12+/t19-,20+,21-,22-/m0/s1. The second-order valence-corrected chi connectivity index (χ2v) is 7.73. The minimum atomic E-state index is -1.03. The van der Waals surface area contributed by atoms with E-state index in [1.54, 1.807) is 0 Å². The molecule has 1 heterocycles. The Kier molecular flexibility index (Phi) is 15.0. The second kappa shape index (κ2) is 16.5. The molecule has 0 bridgehead atoms. The molecule has 0 aliphatic carbocycles. The number of ether oxygens (including phenoxy) is 2. The lowest BCUT2D eigenvalue weighted by atomic mass is 10.1. The van der Waals surface area contributed by atoms with Gasteiger partial charge in [0.15, 0.2) is 0 Å². The molecule has 0 aromatic carbocycles. The van der Waals surface area contributed by atoms with E-state index in [1.807, 2.05) is 0 Å². The molecule has 0 radical (unpaired) electrons. The number of hydrogen-bond acceptors (Lipinski definition) is 5. The van der Waals surface area contributed by atoms with E-state index in [1.165, 1.54) is 57.8 Å². The third-order valence-corrected chi connectivity index (χ3v) is 5.16. The van der Waals surface area contributed by atoms with Gasteiger partial charge in [-0.15, -0.1) is 0 Å². The fourth-order valence-corrected chi connectivity index (χ4v) is 3.38. The summed E-state index contributed by atoms with van der Waals surface area (Å²) >= 11 is 0. The monoisotopic (exact) mass is 386 g/mol. The molecule has 1 aliphatic rings. The van der Waals surface area contributed by atoms with E-state index in [0.29, 0.717) is 6.61 Å². The first-order valence-electron chi connectivity index (χ1n) is 11.0. The van der Waals surface area contributed by atoms with E-state index < -0.39 is 24.4 Å². The van der Waals surface area contributed by atoms with Crippen LogP contribution in [0.4, 0.5) is 0 Å². The summed E-state index contributed by atoms with van der Waals surface area (Å²) in [5.41, 5.74) is 0. The van der Waals surface area contributed by atoms with Crippen molar-refractivity contribution in [3.05, 3.63) is 12.2 Å². The minimum absolute atomic E-state index is 0.0621. The molecule has 4 atom stereocenters. The normalized spacial score (nSPS) is 24.1. The van der Waals surface area contributed by atoms with Crippen molar-refractivity contribution in [1.29, 1.82) is 0 Å². The topological polar surface area (TPSA) is 79.2 Å². The van der Waals surface area contributed by atoms with Gasteiger partial charge >= 0.3 is 0 Å². The van der Waals surface area contributed by atoms with Crippen LogP contribution >= 0.6 is 0 Å². The summed E-state index contributed by atoms with van der Waals surface area (Å²) in [5, 5.41) is 29.0. The highest BCUT2D eigenvalue weighted by atomic mass is 16.5. The highest BCUT2D eigenvalue weighted by molar-refractivity contribution is 4.87. The second-order valence-electron chi connectivity index (χ2n) is 7.73. The lowest BCUT2D eigenvalue weighted by Gasteiger charge is -2.20. The number of unbranched alkanes of at least 4 members (excludes halogenated alkanes) is 10. The fourth-order valence-electron chi connectivity index (χ4n) is 3.38. The molecule has 5 heteroatoms. The average molecular weight is 387 g/mol. The van der Waals surface area contributed by atoms with Crippen molar-refractivity contribution in [1.82, 2.24) is 0 Å². The Labute approximate surface area is 165 Å². The van der Waals surface area contributed by atoms with Crippen molar-refractivity contribution in [2.45, 2.75) is 108 Å². The summed E-state index contributed by atoms with van der Waals surface area (Å²) in [6, 6.07) is 0. The van der Waals surface area contributed by atoms with Crippen LogP contribution in [0.25, 0.3) is 0 Å². The van der Waals surface area contributed by atoms with Gasteiger partial charge in [-0.25, -0.2) is 0 Å². The van der Waals surface area contributed by atoms with Gasteiger partial charge in [0.2, 0.25) is 0 Å². The maximum Gasteiger partial charge on any atom is 0.114 e. The van der Waals surface area contributed by atoms with Crippen molar-refractivity contribution in [2.24, 2.45) is 0 Å². The van der Waals surface area contributed by atoms with Crippen molar-refractivity contribution in [3.8, 4) is 0 Å². The molecule has 5 nitrogen and oxygen atoms in total. The van der Waals surface area contributed by atoms with E-state index >= 15 is 0 Å². The van der Waals surface area contributed by atoms with Gasteiger partial charge in [-0.3, -0.25) is 0 Å². The fraction of sp³-hybridized carbons (Fsp3) is 0.909. The zero-order valence-electron chi connectivity index (χ0n) is 17.2. The SMILES string of the molecule is CCCCCCCCCCC/C=C/CCCOC[C@@H](O)[C@@H]1OC[C@H](O)[C@@H]1O. The smallest absolute Gasteiger partial charge is 0.114 e. The number of aliphatic hydroxyl groups is 3. The lowest BCUT2D eigenvalue weighted by Crippen LogP contribution is -2.40. The van der Waals surface area contributed by atoms with Crippen LogP contribution in [0.15, 0.2) is 12.2 Å². The van der Waals surface area contributed by atoms with E-state index in [-0.39, 0.29) is 13.2 Å². The third-order valence-electron chi connectivity index (χ3n) is 5.16. The number of hydrogen-bond donors (Lipinski definition) is 3.